The van der Waals surface area contributed by atoms with Crippen molar-refractivity contribution in [3.63, 3.8) is 0 Å². The molecule has 0 saturated carbocycles. The standard InChI is InChI=1S/C19H22N2O3/c1-14-7-3-4-9-17(14)21(13-16-8-6-12-24-16)19(23)18-10-5-11-20(18)15(2)22/h3-4,6-9,12,18H,5,10-11,13H2,1-2H3/t18-/m0/s1. The summed E-state index contributed by atoms with van der Waals surface area (Å²) in [5.74, 6) is 0.626. The first-order chi connectivity index (χ1) is 11.6. The molecule has 0 aliphatic carbocycles. The maximum absolute atomic E-state index is 13.2. The van der Waals surface area contributed by atoms with Gasteiger partial charge in [0.05, 0.1) is 12.8 Å². The first kappa shape index (κ1) is 16.3. The van der Waals surface area contributed by atoms with Crippen molar-refractivity contribution in [3.05, 3.63) is 54.0 Å². The van der Waals surface area contributed by atoms with Gasteiger partial charge in [-0.25, -0.2) is 0 Å². The van der Waals surface area contributed by atoms with Crippen LogP contribution in [0.1, 0.15) is 31.1 Å². The lowest BCUT2D eigenvalue weighted by atomic mass is 10.1. The van der Waals surface area contributed by atoms with E-state index in [4.69, 9.17) is 4.42 Å². The van der Waals surface area contributed by atoms with E-state index in [1.165, 1.54) is 6.92 Å². The summed E-state index contributed by atoms with van der Waals surface area (Å²) in [6.45, 7) is 4.51. The highest BCUT2D eigenvalue weighted by molar-refractivity contribution is 5.99. The van der Waals surface area contributed by atoms with Gasteiger partial charge in [0.1, 0.15) is 11.8 Å². The summed E-state index contributed by atoms with van der Waals surface area (Å²) in [6.07, 6.45) is 3.17. The van der Waals surface area contributed by atoms with E-state index in [1.807, 2.05) is 43.3 Å². The van der Waals surface area contributed by atoms with Gasteiger partial charge in [0.15, 0.2) is 0 Å². The Bertz CT molecular complexity index is 724. The molecule has 2 heterocycles. The fourth-order valence-electron chi connectivity index (χ4n) is 3.29. The molecule has 1 atom stereocenters. The van der Waals surface area contributed by atoms with Gasteiger partial charge in [-0.1, -0.05) is 18.2 Å². The van der Waals surface area contributed by atoms with Crippen LogP contribution < -0.4 is 4.90 Å². The van der Waals surface area contributed by atoms with Crippen LogP contribution in [0.2, 0.25) is 0 Å². The van der Waals surface area contributed by atoms with Crippen molar-refractivity contribution in [2.24, 2.45) is 0 Å². The second kappa shape index (κ2) is 6.91. The molecule has 2 amide bonds. The van der Waals surface area contributed by atoms with E-state index in [1.54, 1.807) is 16.1 Å². The minimum atomic E-state index is -0.392. The van der Waals surface area contributed by atoms with Gasteiger partial charge in [-0.05, 0) is 43.5 Å². The molecule has 0 unspecified atom stereocenters. The smallest absolute Gasteiger partial charge is 0.250 e. The third-order valence-electron chi connectivity index (χ3n) is 4.51. The maximum Gasteiger partial charge on any atom is 0.250 e. The number of aryl methyl sites for hydroxylation is 1. The fraction of sp³-hybridized carbons (Fsp3) is 0.368. The second-order valence-electron chi connectivity index (χ2n) is 6.16. The Labute approximate surface area is 141 Å². The van der Waals surface area contributed by atoms with Crippen LogP contribution in [0.3, 0.4) is 0 Å². The molecule has 2 aromatic rings. The number of para-hydroxylation sites is 1. The molecule has 24 heavy (non-hydrogen) atoms. The topological polar surface area (TPSA) is 53.8 Å². The molecular formula is C19H22N2O3. The minimum Gasteiger partial charge on any atom is -0.467 e. The van der Waals surface area contributed by atoms with E-state index in [0.717, 1.165) is 23.4 Å². The van der Waals surface area contributed by atoms with Crippen molar-refractivity contribution in [1.29, 1.82) is 0 Å². The van der Waals surface area contributed by atoms with Gasteiger partial charge in [0.25, 0.3) is 0 Å². The third-order valence-corrected chi connectivity index (χ3v) is 4.51. The van der Waals surface area contributed by atoms with Crippen LogP contribution in [0.5, 0.6) is 0 Å². The number of amides is 2. The lowest BCUT2D eigenvalue weighted by Gasteiger charge is -2.30. The number of carbonyl (C=O) groups is 2. The number of hydrogen-bond donors (Lipinski definition) is 0. The summed E-state index contributed by atoms with van der Waals surface area (Å²) >= 11 is 0. The van der Waals surface area contributed by atoms with E-state index < -0.39 is 6.04 Å². The van der Waals surface area contributed by atoms with Gasteiger partial charge in [-0.15, -0.1) is 0 Å². The summed E-state index contributed by atoms with van der Waals surface area (Å²) in [5, 5.41) is 0. The zero-order chi connectivity index (χ0) is 17.1. The Morgan fingerprint density at radius 1 is 1.25 bits per heavy atom. The van der Waals surface area contributed by atoms with Gasteiger partial charge in [0.2, 0.25) is 11.8 Å². The van der Waals surface area contributed by atoms with Crippen LogP contribution in [0.15, 0.2) is 47.1 Å². The Hall–Kier alpha value is -2.56. The Morgan fingerprint density at radius 3 is 2.71 bits per heavy atom. The summed E-state index contributed by atoms with van der Waals surface area (Å²) in [4.78, 5) is 28.5. The van der Waals surface area contributed by atoms with Gasteiger partial charge in [-0.2, -0.15) is 0 Å². The van der Waals surface area contributed by atoms with E-state index in [0.29, 0.717) is 19.5 Å². The number of carbonyl (C=O) groups excluding carboxylic acids is 2. The van der Waals surface area contributed by atoms with Gasteiger partial charge < -0.3 is 14.2 Å². The number of furan rings is 1. The van der Waals surface area contributed by atoms with Crippen molar-refractivity contribution >= 4 is 17.5 Å². The normalized spacial score (nSPS) is 17.1. The van der Waals surface area contributed by atoms with Crippen molar-refractivity contribution in [3.8, 4) is 0 Å². The molecule has 0 N–H and O–H groups in total. The molecule has 5 nitrogen and oxygen atoms in total. The molecule has 1 saturated heterocycles. The number of benzene rings is 1. The van der Waals surface area contributed by atoms with Crippen LogP contribution in [0.25, 0.3) is 0 Å². The molecule has 1 aliphatic rings. The van der Waals surface area contributed by atoms with E-state index >= 15 is 0 Å². The first-order valence-electron chi connectivity index (χ1n) is 8.24. The minimum absolute atomic E-state index is 0.0476. The average molecular weight is 326 g/mol. The lowest BCUT2D eigenvalue weighted by molar-refractivity contribution is -0.135. The van der Waals surface area contributed by atoms with Crippen LogP contribution in [0.4, 0.5) is 5.69 Å². The number of hydrogen-bond acceptors (Lipinski definition) is 3. The SMILES string of the molecule is CC(=O)N1CCC[C@H]1C(=O)N(Cc1ccco1)c1ccccc1C. The number of nitrogens with zero attached hydrogens (tertiary/aromatic N) is 2. The average Bonchev–Trinajstić information content (AvgIpc) is 3.24. The zero-order valence-corrected chi connectivity index (χ0v) is 14.1. The molecule has 1 aliphatic heterocycles. The van der Waals surface area contributed by atoms with Gasteiger partial charge in [0, 0.05) is 19.2 Å². The maximum atomic E-state index is 13.2. The van der Waals surface area contributed by atoms with Crippen LogP contribution >= 0.6 is 0 Å². The second-order valence-corrected chi connectivity index (χ2v) is 6.16. The highest BCUT2D eigenvalue weighted by Crippen LogP contribution is 2.27. The van der Waals surface area contributed by atoms with Crippen molar-refractivity contribution in [2.45, 2.75) is 39.3 Å². The summed E-state index contributed by atoms with van der Waals surface area (Å²) in [7, 11) is 0. The van der Waals surface area contributed by atoms with Crippen molar-refractivity contribution in [1.82, 2.24) is 4.90 Å². The molecule has 3 rings (SSSR count). The Balaban J connectivity index is 1.93. The third kappa shape index (κ3) is 3.20. The number of rotatable bonds is 4. The molecule has 5 heteroatoms. The molecule has 0 bridgehead atoms. The Morgan fingerprint density at radius 2 is 2.04 bits per heavy atom. The number of likely N-dealkylation sites (tertiary alicyclic amines) is 1. The molecule has 1 aromatic heterocycles. The van der Waals surface area contributed by atoms with Crippen LogP contribution in [-0.2, 0) is 16.1 Å². The largest absolute Gasteiger partial charge is 0.467 e. The zero-order valence-electron chi connectivity index (χ0n) is 14.1. The summed E-state index contributed by atoms with van der Waals surface area (Å²) in [6, 6.07) is 11.1. The molecule has 0 radical (unpaired) electrons. The van der Waals surface area contributed by atoms with Gasteiger partial charge in [-0.3, -0.25) is 9.59 Å². The Kier molecular flexibility index (Phi) is 4.69. The summed E-state index contributed by atoms with van der Waals surface area (Å²) < 4.78 is 5.44. The summed E-state index contributed by atoms with van der Waals surface area (Å²) in [5.41, 5.74) is 1.87. The predicted octanol–water partition coefficient (Wildman–Crippen LogP) is 3.13. The van der Waals surface area contributed by atoms with Crippen LogP contribution in [-0.4, -0.2) is 29.3 Å². The highest BCUT2D eigenvalue weighted by Gasteiger charge is 2.36. The highest BCUT2D eigenvalue weighted by atomic mass is 16.3. The monoisotopic (exact) mass is 326 g/mol. The van der Waals surface area contributed by atoms with Gasteiger partial charge >= 0.3 is 0 Å². The number of anilines is 1. The van der Waals surface area contributed by atoms with Crippen molar-refractivity contribution < 1.29 is 14.0 Å². The molecule has 0 spiro atoms. The molecule has 126 valence electrons. The van der Waals surface area contributed by atoms with E-state index in [9.17, 15) is 9.59 Å². The molecular weight excluding hydrogens is 304 g/mol. The van der Waals surface area contributed by atoms with E-state index in [-0.39, 0.29) is 11.8 Å². The first-order valence-corrected chi connectivity index (χ1v) is 8.24. The quantitative estimate of drug-likeness (QED) is 0.867. The van der Waals surface area contributed by atoms with Crippen molar-refractivity contribution in [2.75, 3.05) is 11.4 Å². The van der Waals surface area contributed by atoms with Crippen LogP contribution in [0, 0.1) is 6.92 Å². The predicted molar refractivity (Wildman–Crippen MR) is 91.5 cm³/mol. The molecule has 1 fully saturated rings. The molecule has 1 aromatic carbocycles. The lowest BCUT2D eigenvalue weighted by Crippen LogP contribution is -2.47. The van der Waals surface area contributed by atoms with E-state index in [2.05, 4.69) is 0 Å². The fourth-order valence-corrected chi connectivity index (χ4v) is 3.29.